The van der Waals surface area contributed by atoms with E-state index in [0.29, 0.717) is 5.92 Å². The van der Waals surface area contributed by atoms with Gasteiger partial charge in [-0.15, -0.1) is 11.6 Å². The second-order valence-corrected chi connectivity index (χ2v) is 5.05. The first-order chi connectivity index (χ1) is 7.63. The predicted octanol–water partition coefficient (Wildman–Crippen LogP) is 3.87. The van der Waals surface area contributed by atoms with Crippen molar-refractivity contribution in [1.82, 2.24) is 4.90 Å². The fourth-order valence-corrected chi connectivity index (χ4v) is 1.85. The van der Waals surface area contributed by atoms with Gasteiger partial charge in [0.25, 0.3) is 0 Å². The first-order valence-corrected chi connectivity index (χ1v) is 6.50. The molecule has 1 aromatic carbocycles. The van der Waals surface area contributed by atoms with Gasteiger partial charge in [0.15, 0.2) is 0 Å². The summed E-state index contributed by atoms with van der Waals surface area (Å²) >= 11 is 5.68. The molecule has 1 aromatic rings. The van der Waals surface area contributed by atoms with Crippen molar-refractivity contribution >= 4 is 11.6 Å². The van der Waals surface area contributed by atoms with Gasteiger partial charge in [-0.3, -0.25) is 0 Å². The number of rotatable bonds is 6. The average Bonchev–Trinajstić information content (AvgIpc) is 2.27. The molecule has 0 aliphatic rings. The van der Waals surface area contributed by atoms with E-state index in [1.54, 1.807) is 0 Å². The van der Waals surface area contributed by atoms with E-state index in [-0.39, 0.29) is 0 Å². The highest BCUT2D eigenvalue weighted by Gasteiger charge is 2.01. The van der Waals surface area contributed by atoms with E-state index < -0.39 is 0 Å². The molecule has 0 atom stereocenters. The molecule has 1 rings (SSSR count). The molecular formula is C14H22ClN. The topological polar surface area (TPSA) is 3.24 Å². The maximum atomic E-state index is 5.68. The third-order valence-corrected chi connectivity index (χ3v) is 3.04. The van der Waals surface area contributed by atoms with Crippen molar-refractivity contribution in [2.24, 2.45) is 0 Å². The largest absolute Gasteiger partial charge is 0.302 e. The van der Waals surface area contributed by atoms with Gasteiger partial charge in [-0.1, -0.05) is 38.1 Å². The molecule has 0 fully saturated rings. The summed E-state index contributed by atoms with van der Waals surface area (Å²) in [5, 5.41) is 0. The maximum Gasteiger partial charge on any atom is 0.0235 e. The van der Waals surface area contributed by atoms with E-state index in [9.17, 15) is 0 Å². The Morgan fingerprint density at radius 1 is 1.19 bits per heavy atom. The normalized spacial score (nSPS) is 11.4. The number of benzene rings is 1. The number of nitrogens with zero attached hydrogens (tertiary/aromatic N) is 1. The molecule has 90 valence electrons. The van der Waals surface area contributed by atoms with Crippen LogP contribution in [0.15, 0.2) is 24.3 Å². The summed E-state index contributed by atoms with van der Waals surface area (Å²) in [4.78, 5) is 2.31. The van der Waals surface area contributed by atoms with Gasteiger partial charge in [0, 0.05) is 12.4 Å². The quantitative estimate of drug-likeness (QED) is 0.682. The Morgan fingerprint density at radius 3 is 2.31 bits per heavy atom. The molecule has 2 heteroatoms. The Hall–Kier alpha value is -0.530. The Labute approximate surface area is 104 Å². The lowest BCUT2D eigenvalue weighted by molar-refractivity contribution is 0.328. The highest BCUT2D eigenvalue weighted by molar-refractivity contribution is 6.17. The highest BCUT2D eigenvalue weighted by Crippen LogP contribution is 2.15. The van der Waals surface area contributed by atoms with Crippen molar-refractivity contribution in [1.29, 1.82) is 0 Å². The molecule has 1 nitrogen and oxygen atoms in total. The second kappa shape index (κ2) is 6.93. The van der Waals surface area contributed by atoms with Gasteiger partial charge in [0.1, 0.15) is 0 Å². The van der Waals surface area contributed by atoms with E-state index in [1.165, 1.54) is 11.1 Å². The lowest BCUT2D eigenvalue weighted by atomic mass is 10.0. The third kappa shape index (κ3) is 4.54. The molecule has 0 N–H and O–H groups in total. The molecule has 0 aliphatic carbocycles. The van der Waals surface area contributed by atoms with Crippen LogP contribution in [0.4, 0.5) is 0 Å². The minimum Gasteiger partial charge on any atom is -0.302 e. The molecule has 0 saturated heterocycles. The molecule has 0 bridgehead atoms. The maximum absolute atomic E-state index is 5.68. The second-order valence-electron chi connectivity index (χ2n) is 4.68. The lowest BCUT2D eigenvalue weighted by Gasteiger charge is -2.16. The van der Waals surface area contributed by atoms with Gasteiger partial charge in [0.05, 0.1) is 0 Å². The lowest BCUT2D eigenvalue weighted by Crippen LogP contribution is -2.19. The molecular weight excluding hydrogens is 218 g/mol. The molecule has 0 spiro atoms. The van der Waals surface area contributed by atoms with Gasteiger partial charge in [0.2, 0.25) is 0 Å². The van der Waals surface area contributed by atoms with Crippen LogP contribution in [0.3, 0.4) is 0 Å². The monoisotopic (exact) mass is 239 g/mol. The van der Waals surface area contributed by atoms with Crippen molar-refractivity contribution in [3.05, 3.63) is 35.4 Å². The molecule has 16 heavy (non-hydrogen) atoms. The molecule has 0 unspecified atom stereocenters. The smallest absolute Gasteiger partial charge is 0.0235 e. The van der Waals surface area contributed by atoms with Crippen LogP contribution in [0.25, 0.3) is 0 Å². The van der Waals surface area contributed by atoms with Crippen LogP contribution in [-0.4, -0.2) is 24.4 Å². The Kier molecular flexibility index (Phi) is 5.86. The summed E-state index contributed by atoms with van der Waals surface area (Å²) in [5.41, 5.74) is 2.79. The number of hydrogen-bond acceptors (Lipinski definition) is 1. The van der Waals surface area contributed by atoms with Crippen LogP contribution < -0.4 is 0 Å². The average molecular weight is 240 g/mol. The summed E-state index contributed by atoms with van der Waals surface area (Å²) < 4.78 is 0. The minimum absolute atomic E-state index is 0.614. The van der Waals surface area contributed by atoms with E-state index in [4.69, 9.17) is 11.6 Å². The summed E-state index contributed by atoms with van der Waals surface area (Å²) in [5.74, 6) is 1.36. The summed E-state index contributed by atoms with van der Waals surface area (Å²) in [6, 6.07) is 8.92. The summed E-state index contributed by atoms with van der Waals surface area (Å²) in [7, 11) is 2.14. The fraction of sp³-hybridized carbons (Fsp3) is 0.571. The van der Waals surface area contributed by atoms with Crippen LogP contribution in [0.1, 0.15) is 37.3 Å². The standard InChI is InChI=1S/C14H22ClN/c1-12(2)14-7-5-13(6-8-14)11-16(3)10-4-9-15/h5-8,12H,4,9-11H2,1-3H3. The van der Waals surface area contributed by atoms with E-state index in [0.717, 1.165) is 25.4 Å². The SMILES string of the molecule is CC(C)c1ccc(CN(C)CCCCl)cc1. The highest BCUT2D eigenvalue weighted by atomic mass is 35.5. The van der Waals surface area contributed by atoms with Gasteiger partial charge in [-0.25, -0.2) is 0 Å². The zero-order valence-electron chi connectivity index (χ0n) is 10.5. The fourth-order valence-electron chi connectivity index (χ4n) is 1.73. The van der Waals surface area contributed by atoms with Crippen LogP contribution in [0.2, 0.25) is 0 Å². The van der Waals surface area contributed by atoms with Crippen molar-refractivity contribution in [2.75, 3.05) is 19.5 Å². The van der Waals surface area contributed by atoms with Crippen molar-refractivity contribution < 1.29 is 0 Å². The minimum atomic E-state index is 0.614. The third-order valence-electron chi connectivity index (χ3n) is 2.77. The Balaban J connectivity index is 2.48. The predicted molar refractivity (Wildman–Crippen MR) is 72.2 cm³/mol. The number of alkyl halides is 1. The van der Waals surface area contributed by atoms with Gasteiger partial charge in [-0.2, -0.15) is 0 Å². The van der Waals surface area contributed by atoms with Crippen LogP contribution in [0, 0.1) is 0 Å². The first kappa shape index (κ1) is 13.5. The van der Waals surface area contributed by atoms with Gasteiger partial charge < -0.3 is 4.90 Å². The van der Waals surface area contributed by atoms with E-state index in [1.807, 2.05) is 0 Å². The zero-order chi connectivity index (χ0) is 12.0. The van der Waals surface area contributed by atoms with Crippen LogP contribution >= 0.6 is 11.6 Å². The van der Waals surface area contributed by atoms with Crippen molar-refractivity contribution in [3.8, 4) is 0 Å². The molecule has 0 amide bonds. The summed E-state index contributed by atoms with van der Waals surface area (Å²) in [6.45, 7) is 6.52. The van der Waals surface area contributed by atoms with Crippen LogP contribution in [-0.2, 0) is 6.54 Å². The molecule has 0 radical (unpaired) electrons. The first-order valence-electron chi connectivity index (χ1n) is 5.97. The number of halogens is 1. The molecule has 0 aliphatic heterocycles. The molecule has 0 saturated carbocycles. The molecule has 0 aromatic heterocycles. The van der Waals surface area contributed by atoms with Crippen LogP contribution in [0.5, 0.6) is 0 Å². The van der Waals surface area contributed by atoms with Crippen molar-refractivity contribution in [2.45, 2.75) is 32.7 Å². The summed E-state index contributed by atoms with van der Waals surface area (Å²) in [6.07, 6.45) is 1.06. The van der Waals surface area contributed by atoms with Crippen molar-refractivity contribution in [3.63, 3.8) is 0 Å². The van der Waals surface area contributed by atoms with Gasteiger partial charge >= 0.3 is 0 Å². The van der Waals surface area contributed by atoms with E-state index >= 15 is 0 Å². The Morgan fingerprint density at radius 2 is 1.81 bits per heavy atom. The Bertz CT molecular complexity index is 292. The zero-order valence-corrected chi connectivity index (χ0v) is 11.3. The van der Waals surface area contributed by atoms with E-state index in [2.05, 4.69) is 50.1 Å². The molecule has 0 heterocycles. The number of hydrogen-bond donors (Lipinski definition) is 0. The van der Waals surface area contributed by atoms with Gasteiger partial charge in [-0.05, 0) is 37.1 Å².